The van der Waals surface area contributed by atoms with Crippen molar-refractivity contribution in [3.05, 3.63) is 45.9 Å². The molecule has 0 fully saturated rings. The van der Waals surface area contributed by atoms with Gasteiger partial charge in [-0.05, 0) is 53.5 Å². The molecule has 0 aliphatic heterocycles. The number of aliphatic hydroxyl groups is 1. The van der Waals surface area contributed by atoms with Crippen LogP contribution in [0.25, 0.3) is 21.8 Å². The zero-order valence-electron chi connectivity index (χ0n) is 11.2. The zero-order valence-corrected chi connectivity index (χ0v) is 12.7. The first-order valence-corrected chi connectivity index (χ1v) is 7.08. The second-order valence-electron chi connectivity index (χ2n) is 5.40. The Bertz CT molecular complexity index is 866. The minimum absolute atomic E-state index is 0.644. The molecule has 0 saturated heterocycles. The summed E-state index contributed by atoms with van der Waals surface area (Å²) in [5.74, 6) is 0. The Labute approximate surface area is 125 Å². The van der Waals surface area contributed by atoms with Gasteiger partial charge in [-0.2, -0.15) is 5.26 Å². The Balaban J connectivity index is 2.44. The standard InChI is InChI=1S/C16H13BrN2O/c1-16(2,20)10-4-5-11-13(7-10)19-15-12(17)6-3-9(8-18)14(11)15/h3-7,19-20H,1-2H3. The summed E-state index contributed by atoms with van der Waals surface area (Å²) in [6.45, 7) is 3.51. The first kappa shape index (κ1) is 13.2. The third kappa shape index (κ3) is 1.91. The molecule has 4 heteroatoms. The van der Waals surface area contributed by atoms with E-state index in [1.807, 2.05) is 30.3 Å². The first-order valence-electron chi connectivity index (χ1n) is 6.28. The van der Waals surface area contributed by atoms with E-state index in [1.165, 1.54) is 0 Å². The number of H-pyrrole nitrogens is 1. The van der Waals surface area contributed by atoms with Crippen LogP contribution in [0.5, 0.6) is 0 Å². The van der Waals surface area contributed by atoms with E-state index in [2.05, 4.69) is 27.0 Å². The Morgan fingerprint density at radius 2 is 2.00 bits per heavy atom. The van der Waals surface area contributed by atoms with Gasteiger partial charge in [-0.3, -0.25) is 0 Å². The number of rotatable bonds is 1. The number of fused-ring (bicyclic) bond motifs is 3. The number of hydrogen-bond donors (Lipinski definition) is 2. The minimum atomic E-state index is -0.888. The highest BCUT2D eigenvalue weighted by atomic mass is 79.9. The van der Waals surface area contributed by atoms with Crippen molar-refractivity contribution in [1.82, 2.24) is 4.98 Å². The van der Waals surface area contributed by atoms with Gasteiger partial charge in [0.2, 0.25) is 0 Å². The van der Waals surface area contributed by atoms with Crippen LogP contribution in [-0.4, -0.2) is 10.1 Å². The number of aromatic nitrogens is 1. The normalized spacial score (nSPS) is 11.9. The molecule has 1 aromatic heterocycles. The quantitative estimate of drug-likeness (QED) is 0.703. The maximum absolute atomic E-state index is 10.1. The summed E-state index contributed by atoms with van der Waals surface area (Å²) in [5, 5.41) is 21.3. The lowest BCUT2D eigenvalue weighted by atomic mass is 9.97. The summed E-state index contributed by atoms with van der Waals surface area (Å²) in [6.07, 6.45) is 0. The monoisotopic (exact) mass is 328 g/mol. The van der Waals surface area contributed by atoms with Gasteiger partial charge in [0.1, 0.15) is 0 Å². The van der Waals surface area contributed by atoms with Crippen molar-refractivity contribution in [3.8, 4) is 6.07 Å². The molecule has 20 heavy (non-hydrogen) atoms. The van der Waals surface area contributed by atoms with Crippen LogP contribution in [0, 0.1) is 11.3 Å². The maximum atomic E-state index is 10.1. The van der Waals surface area contributed by atoms with Crippen molar-refractivity contribution in [1.29, 1.82) is 5.26 Å². The number of halogens is 1. The number of nitrogens with zero attached hydrogens (tertiary/aromatic N) is 1. The van der Waals surface area contributed by atoms with Crippen LogP contribution in [0.15, 0.2) is 34.8 Å². The van der Waals surface area contributed by atoms with Crippen LogP contribution < -0.4 is 0 Å². The number of nitriles is 1. The number of hydrogen-bond acceptors (Lipinski definition) is 2. The molecule has 0 saturated carbocycles. The van der Waals surface area contributed by atoms with Crippen LogP contribution in [0.3, 0.4) is 0 Å². The Kier molecular flexibility index (Phi) is 2.86. The number of aromatic amines is 1. The predicted molar refractivity (Wildman–Crippen MR) is 83.5 cm³/mol. The van der Waals surface area contributed by atoms with Gasteiger partial charge in [0, 0.05) is 20.8 Å². The van der Waals surface area contributed by atoms with Gasteiger partial charge >= 0.3 is 0 Å². The molecule has 0 amide bonds. The Hall–Kier alpha value is -1.83. The van der Waals surface area contributed by atoms with Crippen molar-refractivity contribution in [2.45, 2.75) is 19.4 Å². The van der Waals surface area contributed by atoms with Crippen LogP contribution in [0.4, 0.5) is 0 Å². The van der Waals surface area contributed by atoms with Gasteiger partial charge < -0.3 is 10.1 Å². The highest BCUT2D eigenvalue weighted by molar-refractivity contribution is 9.10. The van der Waals surface area contributed by atoms with Crippen LogP contribution >= 0.6 is 15.9 Å². The average Bonchev–Trinajstić information content (AvgIpc) is 2.78. The molecule has 2 aromatic carbocycles. The Morgan fingerprint density at radius 1 is 1.25 bits per heavy atom. The summed E-state index contributed by atoms with van der Waals surface area (Å²) >= 11 is 3.51. The largest absolute Gasteiger partial charge is 0.386 e. The van der Waals surface area contributed by atoms with Crippen molar-refractivity contribution >= 4 is 37.7 Å². The minimum Gasteiger partial charge on any atom is -0.386 e. The lowest BCUT2D eigenvalue weighted by molar-refractivity contribution is 0.0787. The van der Waals surface area contributed by atoms with E-state index in [4.69, 9.17) is 0 Å². The van der Waals surface area contributed by atoms with Crippen molar-refractivity contribution < 1.29 is 5.11 Å². The molecule has 0 bridgehead atoms. The lowest BCUT2D eigenvalue weighted by Gasteiger charge is -2.17. The third-order valence-corrected chi connectivity index (χ3v) is 4.19. The highest BCUT2D eigenvalue weighted by Crippen LogP contribution is 2.34. The molecular formula is C16H13BrN2O. The first-order chi connectivity index (χ1) is 9.41. The SMILES string of the molecule is CC(C)(O)c1ccc2c(c1)[nH]c1c(Br)ccc(C#N)c12. The predicted octanol–water partition coefficient (Wildman–Crippen LogP) is 4.18. The van der Waals surface area contributed by atoms with Crippen molar-refractivity contribution in [2.75, 3.05) is 0 Å². The third-order valence-electron chi connectivity index (χ3n) is 3.53. The molecule has 3 rings (SSSR count). The van der Waals surface area contributed by atoms with Gasteiger partial charge in [-0.25, -0.2) is 0 Å². The average molecular weight is 329 g/mol. The van der Waals surface area contributed by atoms with Gasteiger partial charge in [0.25, 0.3) is 0 Å². The van der Waals surface area contributed by atoms with Gasteiger partial charge in [0.15, 0.2) is 0 Å². The molecule has 100 valence electrons. The second kappa shape index (κ2) is 4.34. The molecule has 0 atom stereocenters. The maximum Gasteiger partial charge on any atom is 0.0999 e. The van der Waals surface area contributed by atoms with E-state index in [9.17, 15) is 10.4 Å². The summed E-state index contributed by atoms with van der Waals surface area (Å²) in [4.78, 5) is 3.32. The number of nitrogens with one attached hydrogen (secondary N) is 1. The summed E-state index contributed by atoms with van der Waals surface area (Å²) in [5.41, 5.74) is 2.42. The molecule has 0 radical (unpaired) electrons. The summed E-state index contributed by atoms with van der Waals surface area (Å²) in [7, 11) is 0. The number of benzene rings is 2. The van der Waals surface area contributed by atoms with Crippen molar-refractivity contribution in [3.63, 3.8) is 0 Å². The molecule has 0 aliphatic carbocycles. The summed E-state index contributed by atoms with van der Waals surface area (Å²) in [6, 6.07) is 11.7. The Morgan fingerprint density at radius 3 is 2.65 bits per heavy atom. The molecular weight excluding hydrogens is 316 g/mol. The topological polar surface area (TPSA) is 59.8 Å². The van der Waals surface area contributed by atoms with Gasteiger partial charge in [-0.15, -0.1) is 0 Å². The molecule has 3 nitrogen and oxygen atoms in total. The lowest BCUT2D eigenvalue weighted by Crippen LogP contribution is -2.14. The van der Waals surface area contributed by atoms with E-state index < -0.39 is 5.60 Å². The molecule has 2 N–H and O–H groups in total. The molecule has 0 unspecified atom stereocenters. The zero-order chi connectivity index (χ0) is 14.5. The fourth-order valence-electron chi connectivity index (χ4n) is 2.45. The van der Waals surface area contributed by atoms with E-state index >= 15 is 0 Å². The summed E-state index contributed by atoms with van der Waals surface area (Å²) < 4.78 is 0.924. The fraction of sp³-hybridized carbons (Fsp3) is 0.188. The molecule has 1 heterocycles. The van der Waals surface area contributed by atoms with E-state index in [1.54, 1.807) is 13.8 Å². The van der Waals surface area contributed by atoms with E-state index in [0.29, 0.717) is 5.56 Å². The molecule has 0 aliphatic rings. The fourth-order valence-corrected chi connectivity index (χ4v) is 2.88. The van der Waals surface area contributed by atoms with Gasteiger partial charge in [-0.1, -0.05) is 12.1 Å². The van der Waals surface area contributed by atoms with Crippen LogP contribution in [-0.2, 0) is 5.60 Å². The highest BCUT2D eigenvalue weighted by Gasteiger charge is 2.18. The second-order valence-corrected chi connectivity index (χ2v) is 6.26. The van der Waals surface area contributed by atoms with E-state index in [0.717, 1.165) is 31.8 Å². The molecule has 3 aromatic rings. The van der Waals surface area contributed by atoms with Gasteiger partial charge in [0.05, 0.1) is 22.8 Å². The van der Waals surface area contributed by atoms with Crippen LogP contribution in [0.1, 0.15) is 25.0 Å². The van der Waals surface area contributed by atoms with Crippen molar-refractivity contribution in [2.24, 2.45) is 0 Å². The smallest absolute Gasteiger partial charge is 0.0999 e. The van der Waals surface area contributed by atoms with Crippen LogP contribution in [0.2, 0.25) is 0 Å². The van der Waals surface area contributed by atoms with E-state index in [-0.39, 0.29) is 0 Å². The molecule has 0 spiro atoms.